The number of alkyl halides is 3. The second-order valence-electron chi connectivity index (χ2n) is 5.18. The highest BCUT2D eigenvalue weighted by molar-refractivity contribution is 5.94. The van der Waals surface area contributed by atoms with Crippen LogP contribution in [0.4, 0.5) is 13.2 Å². The Morgan fingerprint density at radius 3 is 2.50 bits per heavy atom. The number of halogens is 3. The predicted octanol–water partition coefficient (Wildman–Crippen LogP) is 2.48. The first kappa shape index (κ1) is 17.9. The Morgan fingerprint density at radius 1 is 1.29 bits per heavy atom. The van der Waals surface area contributed by atoms with Gasteiger partial charge in [0.15, 0.2) is 0 Å². The van der Waals surface area contributed by atoms with Crippen molar-refractivity contribution >= 4 is 5.91 Å². The van der Waals surface area contributed by atoms with Crippen LogP contribution in [-0.4, -0.2) is 35.2 Å². The zero-order chi connectivity index (χ0) is 17.7. The molecule has 0 aliphatic heterocycles. The average molecular weight is 342 g/mol. The van der Waals surface area contributed by atoms with E-state index in [2.05, 4.69) is 25.3 Å². The van der Waals surface area contributed by atoms with Gasteiger partial charge in [-0.25, -0.2) is 0 Å². The van der Waals surface area contributed by atoms with E-state index in [1.807, 2.05) is 13.8 Å². The minimum Gasteiger partial charge on any atom is -0.348 e. The van der Waals surface area contributed by atoms with E-state index in [4.69, 9.17) is 0 Å². The number of benzene rings is 1. The molecule has 0 radical (unpaired) electrons. The molecule has 1 aromatic heterocycles. The van der Waals surface area contributed by atoms with Crippen molar-refractivity contribution < 1.29 is 22.5 Å². The van der Waals surface area contributed by atoms with Crippen molar-refractivity contribution in [3.63, 3.8) is 0 Å². The van der Waals surface area contributed by atoms with Gasteiger partial charge in [0.1, 0.15) is 0 Å². The van der Waals surface area contributed by atoms with Crippen LogP contribution in [-0.2, 0) is 6.18 Å². The third-order valence-electron chi connectivity index (χ3n) is 3.15. The van der Waals surface area contributed by atoms with E-state index in [9.17, 15) is 18.0 Å². The van der Waals surface area contributed by atoms with Crippen LogP contribution in [0.2, 0.25) is 0 Å². The SMILES string of the molecule is CCNCC(C)NC(=O)c1ccc(-c2noc(C(F)(F)F)n2)cc1. The van der Waals surface area contributed by atoms with Crippen molar-refractivity contribution in [3.8, 4) is 11.4 Å². The van der Waals surface area contributed by atoms with E-state index in [0.717, 1.165) is 6.54 Å². The highest BCUT2D eigenvalue weighted by Gasteiger charge is 2.38. The molecule has 0 saturated heterocycles. The maximum absolute atomic E-state index is 12.4. The van der Waals surface area contributed by atoms with Crippen molar-refractivity contribution in [2.24, 2.45) is 0 Å². The Kier molecular flexibility index (Phi) is 5.55. The van der Waals surface area contributed by atoms with Crippen molar-refractivity contribution in [3.05, 3.63) is 35.7 Å². The Balaban J connectivity index is 2.05. The molecular formula is C15H17F3N4O2. The summed E-state index contributed by atoms with van der Waals surface area (Å²) in [7, 11) is 0. The van der Waals surface area contributed by atoms with E-state index in [1.165, 1.54) is 24.3 Å². The second-order valence-corrected chi connectivity index (χ2v) is 5.18. The monoisotopic (exact) mass is 342 g/mol. The molecule has 0 aliphatic carbocycles. The molecule has 130 valence electrons. The van der Waals surface area contributed by atoms with Crippen LogP contribution >= 0.6 is 0 Å². The highest BCUT2D eigenvalue weighted by Crippen LogP contribution is 2.29. The minimum absolute atomic E-state index is 0.0522. The molecule has 0 spiro atoms. The van der Waals surface area contributed by atoms with E-state index >= 15 is 0 Å². The summed E-state index contributed by atoms with van der Waals surface area (Å²) in [4.78, 5) is 15.4. The second kappa shape index (κ2) is 7.43. The molecule has 0 bridgehead atoms. The summed E-state index contributed by atoms with van der Waals surface area (Å²) in [5.41, 5.74) is 0.716. The fourth-order valence-corrected chi connectivity index (χ4v) is 1.95. The van der Waals surface area contributed by atoms with Gasteiger partial charge in [-0.2, -0.15) is 18.2 Å². The van der Waals surface area contributed by atoms with Gasteiger partial charge in [-0.15, -0.1) is 0 Å². The van der Waals surface area contributed by atoms with Gasteiger partial charge in [-0.05, 0) is 25.6 Å². The van der Waals surface area contributed by atoms with Gasteiger partial charge in [-0.3, -0.25) is 4.79 Å². The van der Waals surface area contributed by atoms with Crippen molar-refractivity contribution in [2.75, 3.05) is 13.1 Å². The first-order chi connectivity index (χ1) is 11.3. The van der Waals surface area contributed by atoms with Crippen LogP contribution in [0.15, 0.2) is 28.8 Å². The van der Waals surface area contributed by atoms with Crippen LogP contribution in [0.5, 0.6) is 0 Å². The van der Waals surface area contributed by atoms with Crippen molar-refractivity contribution in [2.45, 2.75) is 26.1 Å². The summed E-state index contributed by atoms with van der Waals surface area (Å²) >= 11 is 0. The topological polar surface area (TPSA) is 80.0 Å². The number of aromatic nitrogens is 2. The quantitative estimate of drug-likeness (QED) is 0.843. The van der Waals surface area contributed by atoms with Crippen LogP contribution in [0, 0.1) is 0 Å². The molecule has 0 aliphatic rings. The molecule has 0 saturated carbocycles. The molecule has 1 unspecified atom stereocenters. The summed E-state index contributed by atoms with van der Waals surface area (Å²) < 4.78 is 41.5. The zero-order valence-electron chi connectivity index (χ0n) is 13.1. The molecule has 1 aromatic carbocycles. The maximum Gasteiger partial charge on any atom is 0.471 e. The standard InChI is InChI=1S/C15H17F3N4O2/c1-3-19-8-9(2)20-13(23)11-6-4-10(5-7-11)12-21-14(24-22-12)15(16,17)18/h4-7,9,19H,3,8H2,1-2H3,(H,20,23). The minimum atomic E-state index is -4.69. The number of likely N-dealkylation sites (N-methyl/N-ethyl adjacent to an activating group) is 1. The molecule has 0 fully saturated rings. The summed E-state index contributed by atoms with van der Waals surface area (Å²) in [6.45, 7) is 5.28. The smallest absolute Gasteiger partial charge is 0.348 e. The number of hydrogen-bond donors (Lipinski definition) is 2. The normalized spacial score (nSPS) is 12.9. The first-order valence-corrected chi connectivity index (χ1v) is 7.34. The number of nitrogens with zero attached hydrogens (tertiary/aromatic N) is 2. The molecule has 1 heterocycles. The summed E-state index contributed by atoms with van der Waals surface area (Å²) in [6, 6.07) is 5.87. The zero-order valence-corrected chi connectivity index (χ0v) is 13.1. The summed E-state index contributed by atoms with van der Waals surface area (Å²) in [5.74, 6) is -1.86. The van der Waals surface area contributed by atoms with Crippen LogP contribution < -0.4 is 10.6 Å². The molecule has 6 nitrogen and oxygen atoms in total. The molecule has 1 atom stereocenters. The summed E-state index contributed by atoms with van der Waals surface area (Å²) in [5, 5.41) is 9.23. The molecule has 24 heavy (non-hydrogen) atoms. The lowest BCUT2D eigenvalue weighted by Crippen LogP contribution is -2.39. The fourth-order valence-electron chi connectivity index (χ4n) is 1.95. The van der Waals surface area contributed by atoms with E-state index in [1.54, 1.807) is 0 Å². The molecule has 2 rings (SSSR count). The van der Waals surface area contributed by atoms with Crippen LogP contribution in [0.3, 0.4) is 0 Å². The number of hydrogen-bond acceptors (Lipinski definition) is 5. The predicted molar refractivity (Wildman–Crippen MR) is 80.2 cm³/mol. The lowest BCUT2D eigenvalue weighted by molar-refractivity contribution is -0.159. The third kappa shape index (κ3) is 4.54. The van der Waals surface area contributed by atoms with Gasteiger partial charge in [0.05, 0.1) is 0 Å². The van der Waals surface area contributed by atoms with Gasteiger partial charge >= 0.3 is 12.1 Å². The maximum atomic E-state index is 12.4. The van der Waals surface area contributed by atoms with Crippen LogP contribution in [0.25, 0.3) is 11.4 Å². The molecule has 9 heteroatoms. The van der Waals surface area contributed by atoms with E-state index in [-0.39, 0.29) is 17.8 Å². The van der Waals surface area contributed by atoms with Gasteiger partial charge in [-0.1, -0.05) is 24.2 Å². The molecule has 2 aromatic rings. The Labute approximate surface area is 136 Å². The number of amides is 1. The Bertz CT molecular complexity index is 683. The largest absolute Gasteiger partial charge is 0.471 e. The number of nitrogens with one attached hydrogen (secondary N) is 2. The third-order valence-corrected chi connectivity index (χ3v) is 3.15. The number of rotatable bonds is 6. The van der Waals surface area contributed by atoms with Crippen molar-refractivity contribution in [1.82, 2.24) is 20.8 Å². The lowest BCUT2D eigenvalue weighted by atomic mass is 10.1. The molecule has 2 N–H and O–H groups in total. The molecular weight excluding hydrogens is 325 g/mol. The van der Waals surface area contributed by atoms with Gasteiger partial charge < -0.3 is 15.2 Å². The van der Waals surface area contributed by atoms with Gasteiger partial charge in [0.25, 0.3) is 5.91 Å². The number of carbonyl (C=O) groups is 1. The van der Waals surface area contributed by atoms with Gasteiger partial charge in [0.2, 0.25) is 5.82 Å². The Hall–Kier alpha value is -2.42. The lowest BCUT2D eigenvalue weighted by Gasteiger charge is -2.14. The number of carbonyl (C=O) groups excluding carboxylic acids is 1. The Morgan fingerprint density at radius 2 is 1.96 bits per heavy atom. The highest BCUT2D eigenvalue weighted by atomic mass is 19.4. The van der Waals surface area contributed by atoms with E-state index in [0.29, 0.717) is 17.7 Å². The van der Waals surface area contributed by atoms with Gasteiger partial charge in [0, 0.05) is 23.7 Å². The van der Waals surface area contributed by atoms with Crippen molar-refractivity contribution in [1.29, 1.82) is 0 Å². The first-order valence-electron chi connectivity index (χ1n) is 7.34. The fraction of sp³-hybridized carbons (Fsp3) is 0.400. The average Bonchev–Trinajstić information content (AvgIpc) is 3.03. The van der Waals surface area contributed by atoms with Crippen LogP contribution in [0.1, 0.15) is 30.1 Å². The van der Waals surface area contributed by atoms with E-state index < -0.39 is 12.1 Å². The molecule has 1 amide bonds. The summed E-state index contributed by atoms with van der Waals surface area (Å²) in [6.07, 6.45) is -4.69.